The molecule has 0 fully saturated rings. The van der Waals surface area contributed by atoms with E-state index in [-0.39, 0.29) is 29.6 Å². The van der Waals surface area contributed by atoms with Crippen LogP contribution in [0.25, 0.3) is 0 Å². The van der Waals surface area contributed by atoms with Gasteiger partial charge in [-0.05, 0) is 11.6 Å². The van der Waals surface area contributed by atoms with E-state index in [0.717, 1.165) is 5.56 Å². The van der Waals surface area contributed by atoms with Crippen LogP contribution in [0.2, 0.25) is 0 Å². The number of nitrogens with one attached hydrogen (secondary N) is 1. The number of rotatable bonds is 7. The van der Waals surface area contributed by atoms with Crippen molar-refractivity contribution in [2.75, 3.05) is 17.7 Å². The molecule has 0 unspecified atom stereocenters. The van der Waals surface area contributed by atoms with Crippen LogP contribution in [0, 0.1) is 16.0 Å². The molecule has 24 heavy (non-hydrogen) atoms. The van der Waals surface area contributed by atoms with Gasteiger partial charge in [0.15, 0.2) is 0 Å². The highest BCUT2D eigenvalue weighted by atomic mass is 16.6. The zero-order valence-corrected chi connectivity index (χ0v) is 13.3. The Bertz CT molecular complexity index is 719. The summed E-state index contributed by atoms with van der Waals surface area (Å²) in [5.74, 6) is -0.734. The molecule has 3 N–H and O–H groups in total. The number of nitrogens with two attached hydrogens (primary N) is 1. The summed E-state index contributed by atoms with van der Waals surface area (Å²) in [5, 5.41) is 13.4. The average Bonchev–Trinajstić information content (AvgIpc) is 2.57. The van der Waals surface area contributed by atoms with E-state index >= 15 is 0 Å². The van der Waals surface area contributed by atoms with Crippen molar-refractivity contribution in [3.05, 3.63) is 64.2 Å². The summed E-state index contributed by atoms with van der Waals surface area (Å²) in [5.41, 5.74) is 7.13. The predicted molar refractivity (Wildman–Crippen MR) is 91.4 cm³/mol. The lowest BCUT2D eigenvalue weighted by Crippen LogP contribution is -2.24. The Labute approximate surface area is 139 Å². The van der Waals surface area contributed by atoms with E-state index in [4.69, 9.17) is 10.5 Å². The van der Waals surface area contributed by atoms with Crippen LogP contribution in [-0.2, 0) is 16.1 Å². The highest BCUT2D eigenvalue weighted by molar-refractivity contribution is 5.95. The number of nitro benzene ring substituents is 1. The number of benzene rings is 2. The molecule has 7 nitrogen and oxygen atoms in total. The highest BCUT2D eigenvalue weighted by Crippen LogP contribution is 2.24. The maximum absolute atomic E-state index is 12.2. The van der Waals surface area contributed by atoms with Crippen molar-refractivity contribution >= 4 is 23.0 Å². The molecule has 2 aromatic rings. The number of nitrogen functional groups attached to an aromatic ring is 1. The minimum atomic E-state index is -0.540. The van der Waals surface area contributed by atoms with Crippen LogP contribution < -0.4 is 11.1 Å². The van der Waals surface area contributed by atoms with Crippen LogP contribution in [-0.4, -0.2) is 17.4 Å². The standard InChI is InChI=1S/C17H19N3O4/c1-12(10-24-11-13-5-3-2-4-6-13)17(21)19-16-9-14(20(22)23)7-8-15(16)18/h2-9,12H,10-11,18H2,1H3,(H,19,21)/t12-/m1/s1. The van der Waals surface area contributed by atoms with Gasteiger partial charge >= 0.3 is 0 Å². The van der Waals surface area contributed by atoms with Crippen molar-refractivity contribution in [1.29, 1.82) is 0 Å². The zero-order chi connectivity index (χ0) is 17.5. The zero-order valence-electron chi connectivity index (χ0n) is 13.3. The number of non-ortho nitro benzene ring substituents is 1. The summed E-state index contributed by atoms with van der Waals surface area (Å²) in [7, 11) is 0. The fourth-order valence-corrected chi connectivity index (χ4v) is 2.03. The second-order valence-corrected chi connectivity index (χ2v) is 5.42. The average molecular weight is 329 g/mol. The molecule has 2 rings (SSSR count). The van der Waals surface area contributed by atoms with E-state index in [2.05, 4.69) is 5.32 Å². The summed E-state index contributed by atoms with van der Waals surface area (Å²) >= 11 is 0. The Kier molecular flexibility index (Phi) is 5.86. The number of anilines is 2. The van der Waals surface area contributed by atoms with Crippen molar-refractivity contribution in [1.82, 2.24) is 0 Å². The van der Waals surface area contributed by atoms with E-state index in [0.29, 0.717) is 6.61 Å². The van der Waals surface area contributed by atoms with Crippen LogP contribution in [0.15, 0.2) is 48.5 Å². The summed E-state index contributed by atoms with van der Waals surface area (Å²) < 4.78 is 5.53. The van der Waals surface area contributed by atoms with Crippen LogP contribution in [0.4, 0.5) is 17.1 Å². The molecular weight excluding hydrogens is 310 g/mol. The lowest BCUT2D eigenvalue weighted by atomic mass is 10.1. The minimum Gasteiger partial charge on any atom is -0.397 e. The molecule has 0 aromatic heterocycles. The molecular formula is C17H19N3O4. The predicted octanol–water partition coefficient (Wildman–Crippen LogP) is 2.97. The maximum atomic E-state index is 12.2. The number of carbonyl (C=O) groups excluding carboxylic acids is 1. The molecule has 0 saturated carbocycles. The molecule has 0 spiro atoms. The fourth-order valence-electron chi connectivity index (χ4n) is 2.03. The molecule has 0 aliphatic rings. The summed E-state index contributed by atoms with van der Waals surface area (Å²) in [6.07, 6.45) is 0. The van der Waals surface area contributed by atoms with Crippen molar-refractivity contribution in [2.24, 2.45) is 5.92 Å². The van der Waals surface area contributed by atoms with E-state index in [1.54, 1.807) is 6.92 Å². The molecule has 0 radical (unpaired) electrons. The van der Waals surface area contributed by atoms with Gasteiger partial charge in [0.1, 0.15) is 0 Å². The van der Waals surface area contributed by atoms with Crippen LogP contribution in [0.3, 0.4) is 0 Å². The lowest BCUT2D eigenvalue weighted by molar-refractivity contribution is -0.384. The van der Waals surface area contributed by atoms with Gasteiger partial charge in [0.2, 0.25) is 5.91 Å². The summed E-state index contributed by atoms with van der Waals surface area (Å²) in [6, 6.07) is 13.6. The van der Waals surface area contributed by atoms with Gasteiger partial charge in [-0.15, -0.1) is 0 Å². The topological polar surface area (TPSA) is 107 Å². The summed E-state index contributed by atoms with van der Waals surface area (Å²) in [4.78, 5) is 22.4. The SMILES string of the molecule is C[C@H](COCc1ccccc1)C(=O)Nc1cc([N+](=O)[O-])ccc1N. The molecule has 0 aliphatic heterocycles. The molecule has 1 amide bonds. The molecule has 126 valence electrons. The third-order valence-corrected chi connectivity index (χ3v) is 3.43. The molecule has 2 aromatic carbocycles. The lowest BCUT2D eigenvalue weighted by Gasteiger charge is -2.14. The maximum Gasteiger partial charge on any atom is 0.271 e. The number of amides is 1. The van der Waals surface area contributed by atoms with E-state index in [9.17, 15) is 14.9 Å². The smallest absolute Gasteiger partial charge is 0.271 e. The van der Waals surface area contributed by atoms with Crippen LogP contribution in [0.5, 0.6) is 0 Å². The number of hydrogen-bond donors (Lipinski definition) is 2. The Balaban J connectivity index is 1.89. The Morgan fingerprint density at radius 2 is 2.00 bits per heavy atom. The third-order valence-electron chi connectivity index (χ3n) is 3.43. The van der Waals surface area contributed by atoms with Gasteiger partial charge in [-0.3, -0.25) is 14.9 Å². The largest absolute Gasteiger partial charge is 0.397 e. The van der Waals surface area contributed by atoms with Crippen molar-refractivity contribution in [3.8, 4) is 0 Å². The third kappa shape index (κ3) is 4.79. The van der Waals surface area contributed by atoms with E-state index in [1.807, 2.05) is 30.3 Å². The van der Waals surface area contributed by atoms with Gasteiger partial charge in [-0.2, -0.15) is 0 Å². The first kappa shape index (κ1) is 17.4. The van der Waals surface area contributed by atoms with Crippen molar-refractivity contribution < 1.29 is 14.5 Å². The molecule has 0 bridgehead atoms. The molecule has 0 aliphatic carbocycles. The monoisotopic (exact) mass is 329 g/mol. The Morgan fingerprint density at radius 1 is 1.29 bits per heavy atom. The highest BCUT2D eigenvalue weighted by Gasteiger charge is 2.16. The van der Waals surface area contributed by atoms with E-state index in [1.165, 1.54) is 18.2 Å². The van der Waals surface area contributed by atoms with Gasteiger partial charge in [0.25, 0.3) is 5.69 Å². The minimum absolute atomic E-state index is 0.132. The van der Waals surface area contributed by atoms with Crippen LogP contribution in [0.1, 0.15) is 12.5 Å². The molecule has 7 heteroatoms. The van der Waals surface area contributed by atoms with E-state index < -0.39 is 10.8 Å². The first-order valence-electron chi connectivity index (χ1n) is 7.44. The molecule has 0 saturated heterocycles. The van der Waals surface area contributed by atoms with Gasteiger partial charge < -0.3 is 15.8 Å². The molecule has 0 heterocycles. The Hall–Kier alpha value is -2.93. The Morgan fingerprint density at radius 3 is 2.67 bits per heavy atom. The van der Waals surface area contributed by atoms with Crippen LogP contribution >= 0.6 is 0 Å². The molecule has 1 atom stereocenters. The number of hydrogen-bond acceptors (Lipinski definition) is 5. The quantitative estimate of drug-likeness (QED) is 0.461. The fraction of sp³-hybridized carbons (Fsp3) is 0.235. The normalized spacial score (nSPS) is 11.7. The number of carbonyl (C=O) groups is 1. The second-order valence-electron chi connectivity index (χ2n) is 5.42. The van der Waals surface area contributed by atoms with Gasteiger partial charge in [0, 0.05) is 12.1 Å². The number of nitrogens with zero attached hydrogens (tertiary/aromatic N) is 1. The van der Waals surface area contributed by atoms with Gasteiger partial charge in [0.05, 0.1) is 35.4 Å². The number of nitro groups is 1. The number of ether oxygens (including phenoxy) is 1. The first-order chi connectivity index (χ1) is 11.5. The van der Waals surface area contributed by atoms with Gasteiger partial charge in [-0.1, -0.05) is 37.3 Å². The van der Waals surface area contributed by atoms with Crippen molar-refractivity contribution in [2.45, 2.75) is 13.5 Å². The van der Waals surface area contributed by atoms with Gasteiger partial charge in [-0.25, -0.2) is 0 Å². The summed E-state index contributed by atoms with van der Waals surface area (Å²) in [6.45, 7) is 2.36. The second kappa shape index (κ2) is 8.07. The first-order valence-corrected chi connectivity index (χ1v) is 7.44. The van der Waals surface area contributed by atoms with Crippen molar-refractivity contribution in [3.63, 3.8) is 0 Å².